The standard InChI is InChI=1S/C15H9FINO2/c16-9-5-6-10(11(17)7-9)13(19)8-15-18-12-3-1-2-4-14(12)20-15/h1-7H,8H2. The molecular formula is C15H9FINO2. The summed E-state index contributed by atoms with van der Waals surface area (Å²) in [4.78, 5) is 16.5. The molecule has 5 heteroatoms. The van der Waals surface area contributed by atoms with E-state index in [1.54, 1.807) is 6.07 Å². The minimum atomic E-state index is -0.354. The Labute approximate surface area is 128 Å². The largest absolute Gasteiger partial charge is 0.440 e. The number of oxazole rings is 1. The zero-order chi connectivity index (χ0) is 14.1. The normalized spacial score (nSPS) is 10.9. The fourth-order valence-corrected chi connectivity index (χ4v) is 2.72. The van der Waals surface area contributed by atoms with Gasteiger partial charge in [-0.1, -0.05) is 12.1 Å². The highest BCUT2D eigenvalue weighted by Crippen LogP contribution is 2.19. The van der Waals surface area contributed by atoms with Crippen molar-refractivity contribution in [3.63, 3.8) is 0 Å². The van der Waals surface area contributed by atoms with Gasteiger partial charge < -0.3 is 4.42 Å². The van der Waals surface area contributed by atoms with E-state index in [2.05, 4.69) is 4.98 Å². The first-order valence-corrected chi connectivity index (χ1v) is 7.04. The average molecular weight is 381 g/mol. The molecule has 0 spiro atoms. The van der Waals surface area contributed by atoms with E-state index in [-0.39, 0.29) is 18.0 Å². The van der Waals surface area contributed by atoms with Crippen LogP contribution in [0.2, 0.25) is 0 Å². The number of rotatable bonds is 3. The van der Waals surface area contributed by atoms with Crippen LogP contribution in [0.3, 0.4) is 0 Å². The Morgan fingerprint density at radius 3 is 2.80 bits per heavy atom. The van der Waals surface area contributed by atoms with Crippen LogP contribution in [0.25, 0.3) is 11.1 Å². The van der Waals surface area contributed by atoms with Crippen molar-refractivity contribution in [2.24, 2.45) is 0 Å². The SMILES string of the molecule is O=C(Cc1nc2ccccc2o1)c1ccc(F)cc1I. The maximum absolute atomic E-state index is 13.0. The van der Waals surface area contributed by atoms with Crippen LogP contribution in [0.15, 0.2) is 46.9 Å². The molecule has 2 aromatic carbocycles. The van der Waals surface area contributed by atoms with Gasteiger partial charge in [0.1, 0.15) is 11.3 Å². The predicted octanol–water partition coefficient (Wildman–Crippen LogP) is 4.00. The molecule has 0 aliphatic rings. The summed E-state index contributed by atoms with van der Waals surface area (Å²) in [7, 11) is 0. The van der Waals surface area contributed by atoms with Gasteiger partial charge in [-0.25, -0.2) is 9.37 Å². The lowest BCUT2D eigenvalue weighted by molar-refractivity contribution is 0.0985. The van der Waals surface area contributed by atoms with E-state index in [4.69, 9.17) is 4.42 Å². The highest BCUT2D eigenvalue weighted by molar-refractivity contribution is 14.1. The fraction of sp³-hybridized carbons (Fsp3) is 0.0667. The molecule has 1 heterocycles. The molecule has 0 radical (unpaired) electrons. The van der Waals surface area contributed by atoms with Gasteiger partial charge >= 0.3 is 0 Å². The molecule has 3 aromatic rings. The summed E-state index contributed by atoms with van der Waals surface area (Å²) in [6.07, 6.45) is 0.0658. The first kappa shape index (κ1) is 13.2. The molecule has 0 amide bonds. The van der Waals surface area contributed by atoms with Gasteiger partial charge in [0, 0.05) is 9.13 Å². The Bertz CT molecular complexity index is 764. The van der Waals surface area contributed by atoms with E-state index in [9.17, 15) is 9.18 Å². The van der Waals surface area contributed by atoms with Crippen LogP contribution >= 0.6 is 22.6 Å². The van der Waals surface area contributed by atoms with Crippen LogP contribution in [0, 0.1) is 9.39 Å². The molecule has 0 bridgehead atoms. The van der Waals surface area contributed by atoms with E-state index >= 15 is 0 Å². The van der Waals surface area contributed by atoms with Gasteiger partial charge in [-0.05, 0) is 52.9 Å². The predicted molar refractivity (Wildman–Crippen MR) is 81.2 cm³/mol. The summed E-state index contributed by atoms with van der Waals surface area (Å²) in [5, 5.41) is 0. The molecular weight excluding hydrogens is 372 g/mol. The van der Waals surface area contributed by atoms with E-state index < -0.39 is 0 Å². The van der Waals surface area contributed by atoms with Gasteiger partial charge in [0.25, 0.3) is 0 Å². The summed E-state index contributed by atoms with van der Waals surface area (Å²) in [6, 6.07) is 11.4. The van der Waals surface area contributed by atoms with Gasteiger partial charge in [0.05, 0.1) is 6.42 Å². The van der Waals surface area contributed by atoms with Crippen LogP contribution in [0.1, 0.15) is 16.2 Å². The van der Waals surface area contributed by atoms with Crippen molar-refractivity contribution in [1.29, 1.82) is 0 Å². The van der Waals surface area contributed by atoms with Gasteiger partial charge in [-0.15, -0.1) is 0 Å². The number of halogens is 2. The number of carbonyl (C=O) groups excluding carboxylic acids is 1. The Kier molecular flexibility index (Phi) is 3.52. The summed E-state index contributed by atoms with van der Waals surface area (Å²) in [5.74, 6) is -0.120. The monoisotopic (exact) mass is 381 g/mol. The van der Waals surface area contributed by atoms with Crippen LogP contribution in [0.5, 0.6) is 0 Å². The van der Waals surface area contributed by atoms with Gasteiger partial charge in [-0.3, -0.25) is 4.79 Å². The Morgan fingerprint density at radius 2 is 2.05 bits per heavy atom. The van der Waals surface area contributed by atoms with Crippen molar-refractivity contribution < 1.29 is 13.6 Å². The topological polar surface area (TPSA) is 43.1 Å². The molecule has 100 valence electrons. The number of hydrogen-bond acceptors (Lipinski definition) is 3. The number of benzene rings is 2. The lowest BCUT2D eigenvalue weighted by Crippen LogP contribution is -2.06. The highest BCUT2D eigenvalue weighted by Gasteiger charge is 2.15. The lowest BCUT2D eigenvalue weighted by atomic mass is 10.1. The molecule has 0 unspecified atom stereocenters. The maximum atomic E-state index is 13.0. The molecule has 3 nitrogen and oxygen atoms in total. The van der Waals surface area contributed by atoms with Crippen molar-refractivity contribution in [1.82, 2.24) is 4.98 Å². The second-order valence-corrected chi connectivity index (χ2v) is 5.46. The highest BCUT2D eigenvalue weighted by atomic mass is 127. The van der Waals surface area contributed by atoms with Crippen molar-refractivity contribution in [2.45, 2.75) is 6.42 Å². The molecule has 0 N–H and O–H groups in total. The minimum Gasteiger partial charge on any atom is -0.440 e. The molecule has 0 aliphatic heterocycles. The quantitative estimate of drug-likeness (QED) is 0.509. The number of fused-ring (bicyclic) bond motifs is 1. The van der Waals surface area contributed by atoms with Crippen LogP contribution in [0.4, 0.5) is 4.39 Å². The van der Waals surface area contributed by atoms with Gasteiger partial charge in [0.15, 0.2) is 11.4 Å². The Hall–Kier alpha value is -1.76. The molecule has 0 saturated heterocycles. The van der Waals surface area contributed by atoms with Crippen molar-refractivity contribution >= 4 is 39.5 Å². The lowest BCUT2D eigenvalue weighted by Gasteiger charge is -2.01. The molecule has 0 saturated carbocycles. The maximum Gasteiger partial charge on any atom is 0.203 e. The van der Waals surface area contributed by atoms with E-state index in [1.165, 1.54) is 18.2 Å². The number of carbonyl (C=O) groups is 1. The first-order chi connectivity index (χ1) is 9.63. The molecule has 1 aromatic heterocycles. The van der Waals surface area contributed by atoms with Crippen LogP contribution < -0.4 is 0 Å². The number of ketones is 1. The first-order valence-electron chi connectivity index (χ1n) is 5.96. The van der Waals surface area contributed by atoms with E-state index in [0.717, 1.165) is 5.52 Å². The molecule has 0 aliphatic carbocycles. The zero-order valence-corrected chi connectivity index (χ0v) is 12.4. The summed E-state index contributed by atoms with van der Waals surface area (Å²) in [6.45, 7) is 0. The van der Waals surface area contributed by atoms with E-state index in [1.807, 2.05) is 40.8 Å². The van der Waals surface area contributed by atoms with Crippen molar-refractivity contribution in [2.75, 3.05) is 0 Å². The van der Waals surface area contributed by atoms with Gasteiger partial charge in [0.2, 0.25) is 5.89 Å². The number of hydrogen-bond donors (Lipinski definition) is 0. The summed E-state index contributed by atoms with van der Waals surface area (Å²) < 4.78 is 19.1. The molecule has 20 heavy (non-hydrogen) atoms. The smallest absolute Gasteiger partial charge is 0.203 e. The Morgan fingerprint density at radius 1 is 1.25 bits per heavy atom. The number of Topliss-reactive ketones (excluding diaryl/α,β-unsaturated/α-hetero) is 1. The number of nitrogens with zero attached hydrogens (tertiary/aromatic N) is 1. The number of aromatic nitrogens is 1. The average Bonchev–Trinajstić information content (AvgIpc) is 2.80. The molecule has 0 fully saturated rings. The zero-order valence-electron chi connectivity index (χ0n) is 10.3. The molecule has 0 atom stereocenters. The summed E-state index contributed by atoms with van der Waals surface area (Å²) in [5.41, 5.74) is 1.86. The van der Waals surface area contributed by atoms with Crippen LogP contribution in [-0.2, 0) is 6.42 Å². The van der Waals surface area contributed by atoms with E-state index in [0.29, 0.717) is 20.6 Å². The third-order valence-corrected chi connectivity index (χ3v) is 3.77. The molecule has 3 rings (SSSR count). The Balaban J connectivity index is 1.88. The third-order valence-electron chi connectivity index (χ3n) is 2.88. The van der Waals surface area contributed by atoms with Crippen molar-refractivity contribution in [3.8, 4) is 0 Å². The van der Waals surface area contributed by atoms with Crippen molar-refractivity contribution in [3.05, 3.63) is 63.3 Å². The van der Waals surface area contributed by atoms with Crippen LogP contribution in [-0.4, -0.2) is 10.8 Å². The second kappa shape index (κ2) is 5.32. The third kappa shape index (κ3) is 2.58. The number of para-hydroxylation sites is 2. The fourth-order valence-electron chi connectivity index (χ4n) is 1.94. The summed E-state index contributed by atoms with van der Waals surface area (Å²) >= 11 is 1.95. The van der Waals surface area contributed by atoms with Gasteiger partial charge in [-0.2, -0.15) is 0 Å². The minimum absolute atomic E-state index is 0.0658. The second-order valence-electron chi connectivity index (χ2n) is 4.30.